The smallest absolute Gasteiger partial charge is 0.341 e. The minimum Gasteiger partial charge on any atom is -0.481 e. The molecule has 0 aromatic heterocycles. The summed E-state index contributed by atoms with van der Waals surface area (Å²) in [5.74, 6) is -1.53. The first-order valence-corrected chi connectivity index (χ1v) is 7.47. The summed E-state index contributed by atoms with van der Waals surface area (Å²) in [4.78, 5) is 32.7. The molecule has 0 aliphatic carbocycles. The topological polar surface area (TPSA) is 131 Å². The number of carboxylic acid groups (broad SMARTS) is 1. The van der Waals surface area contributed by atoms with Crippen LogP contribution in [-0.4, -0.2) is 34.7 Å². The number of hydrogen-bond donors (Lipinski definition) is 2. The lowest BCUT2D eigenvalue weighted by Gasteiger charge is -2.06. The molecular formula is C16H12ClN3O6. The van der Waals surface area contributed by atoms with Crippen molar-refractivity contribution in [3.05, 3.63) is 68.7 Å². The first-order chi connectivity index (χ1) is 12.4. The third kappa shape index (κ3) is 5.02. The number of hydrogen-bond acceptors (Lipinski definition) is 6. The minimum absolute atomic E-state index is 0.00802. The van der Waals surface area contributed by atoms with Crippen LogP contribution in [0.1, 0.15) is 15.9 Å². The molecule has 0 aliphatic heterocycles. The highest BCUT2D eigenvalue weighted by molar-refractivity contribution is 6.32. The first-order valence-electron chi connectivity index (χ1n) is 7.09. The fourth-order valence-corrected chi connectivity index (χ4v) is 2.06. The van der Waals surface area contributed by atoms with E-state index in [-0.39, 0.29) is 16.3 Å². The number of nitro groups is 1. The van der Waals surface area contributed by atoms with Crippen LogP contribution in [0.15, 0.2) is 47.6 Å². The summed E-state index contributed by atoms with van der Waals surface area (Å²) in [5, 5.41) is 23.2. The lowest BCUT2D eigenvalue weighted by atomic mass is 10.2. The number of nitro benzene ring substituents is 1. The average Bonchev–Trinajstić information content (AvgIpc) is 2.60. The molecule has 0 saturated heterocycles. The second-order valence-corrected chi connectivity index (χ2v) is 5.25. The molecule has 2 aromatic rings. The second kappa shape index (κ2) is 8.58. The van der Waals surface area contributed by atoms with Crippen molar-refractivity contribution in [3.63, 3.8) is 0 Å². The molecule has 1 amide bonds. The van der Waals surface area contributed by atoms with Crippen molar-refractivity contribution in [2.75, 3.05) is 6.61 Å². The Morgan fingerprint density at radius 2 is 2.04 bits per heavy atom. The van der Waals surface area contributed by atoms with Crippen molar-refractivity contribution in [1.82, 2.24) is 5.43 Å². The predicted octanol–water partition coefficient (Wildman–Crippen LogP) is 2.48. The van der Waals surface area contributed by atoms with Crippen molar-refractivity contribution in [3.8, 4) is 5.75 Å². The van der Waals surface area contributed by atoms with Gasteiger partial charge in [0.15, 0.2) is 6.61 Å². The Kier molecular flexibility index (Phi) is 6.23. The third-order valence-electron chi connectivity index (χ3n) is 3.04. The van der Waals surface area contributed by atoms with Crippen LogP contribution in [0.5, 0.6) is 5.75 Å². The standard InChI is InChI=1S/C16H12ClN3O6/c17-12-6-5-10(7-13(12)20(24)25)16(23)19-18-8-11-3-1-2-4-14(11)26-9-15(21)22/h1-8H,9H2,(H,19,23)(H,21,22). The molecule has 2 rings (SSSR count). The monoisotopic (exact) mass is 377 g/mol. The number of nitrogens with zero attached hydrogens (tertiary/aromatic N) is 2. The van der Waals surface area contributed by atoms with E-state index in [2.05, 4.69) is 10.5 Å². The van der Waals surface area contributed by atoms with Crippen LogP contribution < -0.4 is 10.2 Å². The number of rotatable bonds is 7. The molecule has 0 aliphatic rings. The zero-order valence-electron chi connectivity index (χ0n) is 13.1. The van der Waals surface area contributed by atoms with Crippen LogP contribution in [-0.2, 0) is 4.79 Å². The van der Waals surface area contributed by atoms with E-state index < -0.39 is 29.1 Å². The molecule has 0 radical (unpaired) electrons. The summed E-state index contributed by atoms with van der Waals surface area (Å²) in [6.07, 6.45) is 1.26. The zero-order chi connectivity index (χ0) is 19.1. The van der Waals surface area contributed by atoms with Gasteiger partial charge >= 0.3 is 5.97 Å². The number of ether oxygens (including phenoxy) is 1. The molecular weight excluding hydrogens is 366 g/mol. The Morgan fingerprint density at radius 1 is 1.31 bits per heavy atom. The van der Waals surface area contributed by atoms with Crippen LogP contribution >= 0.6 is 11.6 Å². The maximum atomic E-state index is 12.0. The number of carboxylic acids is 1. The minimum atomic E-state index is -1.13. The largest absolute Gasteiger partial charge is 0.481 e. The number of amides is 1. The van der Waals surface area contributed by atoms with Gasteiger partial charge in [-0.25, -0.2) is 10.2 Å². The quantitative estimate of drug-likeness (QED) is 0.433. The number of para-hydroxylation sites is 1. The molecule has 10 heteroatoms. The van der Waals surface area contributed by atoms with Crippen LogP contribution in [0.4, 0.5) is 5.69 Å². The average molecular weight is 378 g/mol. The van der Waals surface area contributed by atoms with Crippen LogP contribution in [0.25, 0.3) is 0 Å². The van der Waals surface area contributed by atoms with E-state index in [1.54, 1.807) is 24.3 Å². The van der Waals surface area contributed by atoms with E-state index in [9.17, 15) is 19.7 Å². The van der Waals surface area contributed by atoms with Gasteiger partial charge in [0, 0.05) is 17.2 Å². The Hall–Kier alpha value is -3.46. The highest BCUT2D eigenvalue weighted by Crippen LogP contribution is 2.25. The summed E-state index contributed by atoms with van der Waals surface area (Å²) in [7, 11) is 0. The van der Waals surface area contributed by atoms with Gasteiger partial charge in [0.1, 0.15) is 10.8 Å². The Morgan fingerprint density at radius 3 is 2.73 bits per heavy atom. The molecule has 0 saturated carbocycles. The van der Waals surface area contributed by atoms with Crippen LogP contribution in [0.3, 0.4) is 0 Å². The van der Waals surface area contributed by atoms with E-state index in [0.29, 0.717) is 5.56 Å². The fraction of sp³-hybridized carbons (Fsp3) is 0.0625. The van der Waals surface area contributed by atoms with Gasteiger partial charge in [0.2, 0.25) is 0 Å². The third-order valence-corrected chi connectivity index (χ3v) is 3.36. The van der Waals surface area contributed by atoms with Gasteiger partial charge in [-0.05, 0) is 24.3 Å². The molecule has 134 valence electrons. The summed E-state index contributed by atoms with van der Waals surface area (Å²) >= 11 is 5.69. The molecule has 26 heavy (non-hydrogen) atoms. The van der Waals surface area contributed by atoms with Gasteiger partial charge in [-0.15, -0.1) is 0 Å². The van der Waals surface area contributed by atoms with Gasteiger partial charge in [0.25, 0.3) is 11.6 Å². The van der Waals surface area contributed by atoms with E-state index in [1.165, 1.54) is 18.3 Å². The molecule has 2 aromatic carbocycles. The van der Waals surface area contributed by atoms with E-state index >= 15 is 0 Å². The number of carbonyl (C=O) groups excluding carboxylic acids is 1. The van der Waals surface area contributed by atoms with Crippen LogP contribution in [0, 0.1) is 10.1 Å². The summed E-state index contributed by atoms with van der Waals surface area (Å²) in [6.45, 7) is -0.522. The maximum Gasteiger partial charge on any atom is 0.341 e. The number of benzene rings is 2. The summed E-state index contributed by atoms with van der Waals surface area (Å²) < 4.78 is 5.10. The Bertz CT molecular complexity index is 884. The highest BCUT2D eigenvalue weighted by atomic mass is 35.5. The Balaban J connectivity index is 2.09. The normalized spacial score (nSPS) is 10.5. The molecule has 0 heterocycles. The summed E-state index contributed by atoms with van der Waals surface area (Å²) in [5.41, 5.74) is 2.27. The van der Waals surface area contributed by atoms with Gasteiger partial charge in [0.05, 0.1) is 11.1 Å². The van der Waals surface area contributed by atoms with Crippen molar-refractivity contribution >= 4 is 35.4 Å². The number of aliphatic carboxylic acids is 1. The number of hydrazone groups is 1. The summed E-state index contributed by atoms with van der Waals surface area (Å²) in [6, 6.07) is 10.1. The van der Waals surface area contributed by atoms with Gasteiger partial charge in [-0.2, -0.15) is 5.10 Å². The van der Waals surface area contributed by atoms with Crippen molar-refractivity contribution < 1.29 is 24.4 Å². The molecule has 9 nitrogen and oxygen atoms in total. The molecule has 0 spiro atoms. The van der Waals surface area contributed by atoms with Crippen LogP contribution in [0.2, 0.25) is 5.02 Å². The zero-order valence-corrected chi connectivity index (χ0v) is 13.8. The van der Waals surface area contributed by atoms with Crippen molar-refractivity contribution in [1.29, 1.82) is 0 Å². The first kappa shape index (κ1) is 18.9. The predicted molar refractivity (Wildman–Crippen MR) is 92.7 cm³/mol. The number of carbonyl (C=O) groups is 2. The van der Waals surface area contributed by atoms with E-state index in [1.807, 2.05) is 0 Å². The van der Waals surface area contributed by atoms with Gasteiger partial charge in [-0.1, -0.05) is 23.7 Å². The molecule has 0 bridgehead atoms. The lowest BCUT2D eigenvalue weighted by molar-refractivity contribution is -0.384. The number of nitrogens with one attached hydrogen (secondary N) is 1. The number of halogens is 1. The molecule has 2 N–H and O–H groups in total. The Labute approximate surface area is 152 Å². The maximum absolute atomic E-state index is 12.0. The highest BCUT2D eigenvalue weighted by Gasteiger charge is 2.16. The molecule has 0 unspecified atom stereocenters. The van der Waals surface area contributed by atoms with E-state index in [4.69, 9.17) is 21.4 Å². The fourth-order valence-electron chi connectivity index (χ4n) is 1.88. The SMILES string of the molecule is O=C(O)COc1ccccc1C=NNC(=O)c1ccc(Cl)c([N+](=O)[O-])c1. The van der Waals surface area contributed by atoms with Crippen molar-refractivity contribution in [2.24, 2.45) is 5.10 Å². The van der Waals surface area contributed by atoms with Crippen molar-refractivity contribution in [2.45, 2.75) is 0 Å². The van der Waals surface area contributed by atoms with E-state index in [0.717, 1.165) is 6.07 Å². The lowest BCUT2D eigenvalue weighted by Crippen LogP contribution is -2.18. The molecule has 0 fully saturated rings. The second-order valence-electron chi connectivity index (χ2n) is 4.84. The van der Waals surface area contributed by atoms with Gasteiger partial charge in [-0.3, -0.25) is 14.9 Å². The van der Waals surface area contributed by atoms with Gasteiger partial charge < -0.3 is 9.84 Å². The molecule has 0 atom stereocenters.